The minimum Gasteiger partial charge on any atom is -0.370 e. The summed E-state index contributed by atoms with van der Waals surface area (Å²) in [5.41, 5.74) is 3.02. The first-order valence-electron chi connectivity index (χ1n) is 9.82. The highest BCUT2D eigenvalue weighted by Crippen LogP contribution is 2.29. The van der Waals surface area contributed by atoms with Crippen LogP contribution in [0.3, 0.4) is 0 Å². The number of nitriles is 1. The van der Waals surface area contributed by atoms with E-state index >= 15 is 0 Å². The Morgan fingerprint density at radius 2 is 1.90 bits per heavy atom. The van der Waals surface area contributed by atoms with Crippen molar-refractivity contribution in [3.8, 4) is 6.07 Å². The Kier molecular flexibility index (Phi) is 6.55. The lowest BCUT2D eigenvalue weighted by Gasteiger charge is -2.34. The van der Waals surface area contributed by atoms with Gasteiger partial charge in [-0.25, -0.2) is 10.2 Å². The summed E-state index contributed by atoms with van der Waals surface area (Å²) in [7, 11) is 0. The second kappa shape index (κ2) is 8.95. The maximum absolute atomic E-state index is 13.4. The number of nitrogens with zero attached hydrogens (tertiary/aromatic N) is 2. The summed E-state index contributed by atoms with van der Waals surface area (Å²) in [6, 6.07) is 6.24. The zero-order valence-corrected chi connectivity index (χ0v) is 17.0. The maximum Gasteiger partial charge on any atom is 0.266 e. The summed E-state index contributed by atoms with van der Waals surface area (Å²) >= 11 is 0. The van der Waals surface area contributed by atoms with Gasteiger partial charge in [0.05, 0.1) is 11.3 Å². The molecule has 162 valence electrons. The second-order valence-electron chi connectivity index (χ2n) is 7.93. The third-order valence-electron chi connectivity index (χ3n) is 5.35. The number of hydrogen-bond acceptors (Lipinski definition) is 7. The highest BCUT2D eigenvalue weighted by molar-refractivity contribution is 5.91. The zero-order valence-electron chi connectivity index (χ0n) is 17.0. The van der Waals surface area contributed by atoms with Crippen molar-refractivity contribution in [3.63, 3.8) is 0 Å². The van der Waals surface area contributed by atoms with Crippen LogP contribution < -0.4 is 21.5 Å². The average molecular weight is 419 g/mol. The van der Waals surface area contributed by atoms with Gasteiger partial charge in [0.25, 0.3) is 11.8 Å². The molecule has 2 amide bonds. The van der Waals surface area contributed by atoms with E-state index in [0.717, 1.165) is 18.5 Å². The highest BCUT2D eigenvalue weighted by atomic mass is 19.1. The van der Waals surface area contributed by atoms with Crippen molar-refractivity contribution in [2.24, 2.45) is 11.8 Å². The fourth-order valence-electron chi connectivity index (χ4n) is 3.82. The van der Waals surface area contributed by atoms with Gasteiger partial charge in [0.1, 0.15) is 11.9 Å². The number of nitrogens with one attached hydrogen (secondary N) is 2. The third-order valence-corrected chi connectivity index (χ3v) is 5.35. The molecule has 0 radical (unpaired) electrons. The normalized spacial score (nSPS) is 23.6. The third kappa shape index (κ3) is 4.87. The number of carbonyl (C=O) groups excluding carboxylic acids is 2. The molecule has 2 heterocycles. The molecule has 30 heavy (non-hydrogen) atoms. The molecule has 4 N–H and O–H groups in total. The number of amides is 2. The lowest BCUT2D eigenvalue weighted by atomic mass is 9.95. The zero-order chi connectivity index (χ0) is 21.9. The van der Waals surface area contributed by atoms with Crippen molar-refractivity contribution < 1.29 is 23.5 Å². The minimum absolute atomic E-state index is 0.230. The molecule has 9 nitrogen and oxygen atoms in total. The summed E-state index contributed by atoms with van der Waals surface area (Å²) in [5, 5.41) is 12.1. The van der Waals surface area contributed by atoms with Crippen molar-refractivity contribution in [1.29, 1.82) is 5.26 Å². The lowest BCUT2D eigenvalue weighted by molar-refractivity contribution is -0.159. The van der Waals surface area contributed by atoms with Gasteiger partial charge in [0.15, 0.2) is 18.0 Å². The van der Waals surface area contributed by atoms with Gasteiger partial charge in [-0.05, 0) is 50.8 Å². The van der Waals surface area contributed by atoms with E-state index in [2.05, 4.69) is 5.32 Å². The Labute approximate surface area is 174 Å². The van der Waals surface area contributed by atoms with Crippen LogP contribution in [-0.2, 0) is 19.1 Å². The Bertz CT molecular complexity index is 848. The van der Waals surface area contributed by atoms with E-state index in [4.69, 9.17) is 15.3 Å². The number of anilines is 1. The number of halogens is 1. The van der Waals surface area contributed by atoms with Crippen molar-refractivity contribution in [2.45, 2.75) is 44.7 Å². The summed E-state index contributed by atoms with van der Waals surface area (Å²) in [4.78, 5) is 26.5. The van der Waals surface area contributed by atoms with Gasteiger partial charge in [0, 0.05) is 19.6 Å². The summed E-state index contributed by atoms with van der Waals surface area (Å²) in [5.74, 6) is 2.84. The van der Waals surface area contributed by atoms with Gasteiger partial charge in [0.2, 0.25) is 0 Å². The van der Waals surface area contributed by atoms with Gasteiger partial charge in [-0.3, -0.25) is 15.0 Å². The van der Waals surface area contributed by atoms with Crippen LogP contribution >= 0.6 is 0 Å². The lowest BCUT2D eigenvalue weighted by Crippen LogP contribution is -2.50. The smallest absolute Gasteiger partial charge is 0.266 e. The largest absolute Gasteiger partial charge is 0.370 e. The topological polar surface area (TPSA) is 130 Å². The fourth-order valence-corrected chi connectivity index (χ4v) is 3.82. The molecule has 1 aromatic carbocycles. The molecule has 10 heteroatoms. The van der Waals surface area contributed by atoms with Gasteiger partial charge in [-0.1, -0.05) is 0 Å². The number of hydrogen-bond donors (Lipinski definition) is 3. The quantitative estimate of drug-likeness (QED) is 0.361. The van der Waals surface area contributed by atoms with Crippen LogP contribution in [0.4, 0.5) is 10.1 Å². The van der Waals surface area contributed by atoms with E-state index in [1.165, 1.54) is 12.1 Å². The molecule has 3 rings (SSSR count). The van der Waals surface area contributed by atoms with Crippen molar-refractivity contribution in [3.05, 3.63) is 29.6 Å². The standard InChI is InChI=1S/C20H26FN5O4/c1-20(2)29-16(17(30-20)19(28)25-23)18(27)24-11-12-5-7-26(8-6-12)15-4-3-14(21)9-13(15)10-22/h3-4,9,12,16-17H,5-8,11,23H2,1-2H3,(H,24,27)(H,25,28)/t16-,17-/m1/s1. The number of carbonyl (C=O) groups is 2. The van der Waals surface area contributed by atoms with Crippen molar-refractivity contribution >= 4 is 17.5 Å². The number of rotatable bonds is 5. The summed E-state index contributed by atoms with van der Waals surface area (Å²) in [6.45, 7) is 5.05. The van der Waals surface area contributed by atoms with E-state index in [9.17, 15) is 19.2 Å². The van der Waals surface area contributed by atoms with Crippen LogP contribution in [0, 0.1) is 23.1 Å². The molecule has 2 saturated heterocycles. The van der Waals surface area contributed by atoms with Gasteiger partial charge in [-0.15, -0.1) is 0 Å². The molecule has 2 aliphatic rings. The van der Waals surface area contributed by atoms with E-state index in [-0.39, 0.29) is 5.92 Å². The van der Waals surface area contributed by atoms with E-state index in [0.29, 0.717) is 25.2 Å². The van der Waals surface area contributed by atoms with Crippen molar-refractivity contribution in [2.75, 3.05) is 24.5 Å². The first-order valence-corrected chi connectivity index (χ1v) is 9.82. The molecule has 0 spiro atoms. The summed E-state index contributed by atoms with van der Waals surface area (Å²) in [6.07, 6.45) is -0.610. The van der Waals surface area contributed by atoms with E-state index < -0.39 is 35.6 Å². The molecule has 2 atom stereocenters. The Hall–Kier alpha value is -2.74. The predicted molar refractivity (Wildman–Crippen MR) is 105 cm³/mol. The predicted octanol–water partition coefficient (Wildman–Crippen LogP) is 0.540. The summed E-state index contributed by atoms with van der Waals surface area (Å²) < 4.78 is 24.4. The molecular weight excluding hydrogens is 393 g/mol. The highest BCUT2D eigenvalue weighted by Gasteiger charge is 2.48. The van der Waals surface area contributed by atoms with Gasteiger partial charge in [-0.2, -0.15) is 5.26 Å². The van der Waals surface area contributed by atoms with Crippen LogP contribution in [-0.4, -0.2) is 49.4 Å². The molecule has 0 bridgehead atoms. The van der Waals surface area contributed by atoms with Crippen LogP contribution in [0.25, 0.3) is 0 Å². The molecular formula is C20H26FN5O4. The van der Waals surface area contributed by atoms with Crippen LogP contribution in [0.5, 0.6) is 0 Å². The van der Waals surface area contributed by atoms with E-state index in [1.807, 2.05) is 16.4 Å². The fraction of sp³-hybridized carbons (Fsp3) is 0.550. The monoisotopic (exact) mass is 419 g/mol. The van der Waals surface area contributed by atoms with Crippen LogP contribution in [0.1, 0.15) is 32.3 Å². The van der Waals surface area contributed by atoms with Crippen LogP contribution in [0.2, 0.25) is 0 Å². The number of nitrogens with two attached hydrogens (primary N) is 1. The number of benzene rings is 1. The molecule has 1 aromatic rings. The minimum atomic E-state index is -1.12. The molecule has 0 unspecified atom stereocenters. The Morgan fingerprint density at radius 3 is 2.50 bits per heavy atom. The molecule has 2 aliphatic heterocycles. The molecule has 2 fully saturated rings. The molecule has 0 aliphatic carbocycles. The molecule has 0 aromatic heterocycles. The second-order valence-corrected chi connectivity index (χ2v) is 7.93. The van der Waals surface area contributed by atoms with Crippen molar-refractivity contribution in [1.82, 2.24) is 10.7 Å². The average Bonchev–Trinajstić information content (AvgIpc) is 3.07. The first kappa shape index (κ1) is 22.0. The Morgan fingerprint density at radius 1 is 1.27 bits per heavy atom. The first-order chi connectivity index (χ1) is 14.2. The maximum atomic E-state index is 13.4. The molecule has 0 saturated carbocycles. The van der Waals surface area contributed by atoms with Gasteiger partial charge >= 0.3 is 0 Å². The van der Waals surface area contributed by atoms with Crippen LogP contribution in [0.15, 0.2) is 18.2 Å². The number of hydrazine groups is 1. The van der Waals surface area contributed by atoms with Gasteiger partial charge < -0.3 is 19.7 Å². The Balaban J connectivity index is 1.53. The SMILES string of the molecule is CC1(C)O[C@@H](C(=O)NN)[C@H](C(=O)NCC2CCN(c3ccc(F)cc3C#N)CC2)O1. The number of piperidine rings is 1. The number of ether oxygens (including phenoxy) is 2. The van der Waals surface area contributed by atoms with E-state index in [1.54, 1.807) is 19.9 Å².